The van der Waals surface area contributed by atoms with E-state index in [2.05, 4.69) is 45.6 Å². The van der Waals surface area contributed by atoms with E-state index in [1.807, 2.05) is 6.92 Å². The van der Waals surface area contributed by atoms with E-state index in [-0.39, 0.29) is 24.4 Å². The number of benzene rings is 2. The Hall–Kier alpha value is -3.53. The van der Waals surface area contributed by atoms with Gasteiger partial charge in [0.2, 0.25) is 5.82 Å². The number of ether oxygens (including phenoxy) is 1. The molecule has 0 unspecified atom stereocenters. The highest BCUT2D eigenvalue weighted by atomic mass is 19.4. The van der Waals surface area contributed by atoms with Crippen LogP contribution >= 0.6 is 0 Å². The zero-order chi connectivity index (χ0) is 22.5. The second-order valence-electron chi connectivity index (χ2n) is 7.72. The molecular formula is C22H18F3N5O2. The number of aromatic nitrogens is 5. The van der Waals surface area contributed by atoms with Gasteiger partial charge in [-0.15, -0.1) is 5.10 Å². The Kier molecular flexibility index (Phi) is 4.81. The molecule has 3 heterocycles. The third-order valence-corrected chi connectivity index (χ3v) is 5.47. The van der Waals surface area contributed by atoms with Gasteiger partial charge in [0.25, 0.3) is 5.89 Å². The number of hydrogen-bond donors (Lipinski definition) is 0. The minimum atomic E-state index is -4.41. The Morgan fingerprint density at radius 3 is 2.56 bits per heavy atom. The third-order valence-electron chi connectivity index (χ3n) is 5.47. The molecular weight excluding hydrogens is 423 g/mol. The Labute approximate surface area is 180 Å². The van der Waals surface area contributed by atoms with Gasteiger partial charge >= 0.3 is 6.18 Å². The maximum atomic E-state index is 12.8. The molecule has 32 heavy (non-hydrogen) atoms. The first kappa shape index (κ1) is 20.4. The van der Waals surface area contributed by atoms with Gasteiger partial charge in [-0.05, 0) is 37.1 Å². The summed E-state index contributed by atoms with van der Waals surface area (Å²) in [6.45, 7) is 4.85. The summed E-state index contributed by atoms with van der Waals surface area (Å²) in [6, 6.07) is 10.8. The number of nitrogens with zero attached hydrogens (tertiary/aromatic N) is 5. The Bertz CT molecular complexity index is 1280. The molecule has 1 aliphatic heterocycles. The summed E-state index contributed by atoms with van der Waals surface area (Å²) in [7, 11) is 0. The van der Waals surface area contributed by atoms with Crippen LogP contribution < -0.4 is 0 Å². The lowest BCUT2D eigenvalue weighted by atomic mass is 10.0. The first-order chi connectivity index (χ1) is 15.3. The number of hydrogen-bond acceptors (Lipinski definition) is 6. The molecule has 4 aromatic rings. The fourth-order valence-corrected chi connectivity index (χ4v) is 3.80. The van der Waals surface area contributed by atoms with Crippen molar-refractivity contribution in [3.05, 3.63) is 70.4 Å². The summed E-state index contributed by atoms with van der Waals surface area (Å²) in [5.74, 6) is 0.301. The van der Waals surface area contributed by atoms with Gasteiger partial charge < -0.3 is 9.26 Å². The number of alkyl halides is 3. The Morgan fingerprint density at radius 2 is 1.84 bits per heavy atom. The van der Waals surface area contributed by atoms with Crippen LogP contribution in [0.4, 0.5) is 13.2 Å². The van der Waals surface area contributed by atoms with Crippen molar-refractivity contribution >= 4 is 0 Å². The molecule has 0 aliphatic carbocycles. The molecule has 164 valence electrons. The lowest BCUT2D eigenvalue weighted by Crippen LogP contribution is -2.22. The minimum absolute atomic E-state index is 0.134. The van der Waals surface area contributed by atoms with Crippen molar-refractivity contribution in [3.8, 4) is 23.0 Å². The van der Waals surface area contributed by atoms with E-state index in [0.29, 0.717) is 23.5 Å². The van der Waals surface area contributed by atoms with Crippen LogP contribution in [0.15, 0.2) is 47.0 Å². The molecule has 1 aliphatic rings. The van der Waals surface area contributed by atoms with Crippen LogP contribution in [-0.4, -0.2) is 25.1 Å². The van der Waals surface area contributed by atoms with Gasteiger partial charge in [-0.3, -0.25) is 0 Å². The van der Waals surface area contributed by atoms with Crippen LogP contribution in [0, 0.1) is 13.8 Å². The number of aryl methyl sites for hydroxylation is 2. The molecule has 0 saturated heterocycles. The SMILES string of the molecule is Cc1ccc([C@@H]2Cn3nnc(-c4nc(-c5ccc(C(F)(F)F)cc5)no4)c3CO2)c(C)c1. The molecule has 2 aromatic heterocycles. The van der Waals surface area contributed by atoms with Gasteiger partial charge in [0.1, 0.15) is 6.10 Å². The zero-order valence-electron chi connectivity index (χ0n) is 17.2. The highest BCUT2D eigenvalue weighted by Gasteiger charge is 2.31. The summed E-state index contributed by atoms with van der Waals surface area (Å²) < 4.78 is 51.4. The largest absolute Gasteiger partial charge is 0.416 e. The molecule has 0 N–H and O–H groups in total. The van der Waals surface area contributed by atoms with E-state index >= 15 is 0 Å². The molecule has 0 bridgehead atoms. The third kappa shape index (κ3) is 3.66. The number of halogens is 3. The van der Waals surface area contributed by atoms with E-state index in [0.717, 1.165) is 23.3 Å². The van der Waals surface area contributed by atoms with Crippen molar-refractivity contribution in [2.75, 3.05) is 0 Å². The van der Waals surface area contributed by atoms with E-state index in [1.54, 1.807) is 4.68 Å². The van der Waals surface area contributed by atoms with Crippen LogP contribution in [0.1, 0.15) is 34.1 Å². The highest BCUT2D eigenvalue weighted by Crippen LogP contribution is 2.33. The monoisotopic (exact) mass is 441 g/mol. The first-order valence-corrected chi connectivity index (χ1v) is 9.92. The predicted molar refractivity (Wildman–Crippen MR) is 107 cm³/mol. The van der Waals surface area contributed by atoms with Gasteiger partial charge in [0, 0.05) is 5.56 Å². The lowest BCUT2D eigenvalue weighted by Gasteiger charge is -2.25. The molecule has 1 atom stereocenters. The summed E-state index contributed by atoms with van der Waals surface area (Å²) in [5, 5.41) is 12.3. The Balaban J connectivity index is 1.38. The van der Waals surface area contributed by atoms with E-state index in [4.69, 9.17) is 9.26 Å². The van der Waals surface area contributed by atoms with Crippen LogP contribution in [0.5, 0.6) is 0 Å². The second kappa shape index (κ2) is 7.56. The van der Waals surface area contributed by atoms with Crippen molar-refractivity contribution in [1.82, 2.24) is 25.1 Å². The normalized spacial score (nSPS) is 16.2. The highest BCUT2D eigenvalue weighted by molar-refractivity contribution is 5.59. The summed E-state index contributed by atoms with van der Waals surface area (Å²) in [6.07, 6.45) is -4.56. The quantitative estimate of drug-likeness (QED) is 0.450. The van der Waals surface area contributed by atoms with E-state index in [1.165, 1.54) is 17.7 Å². The standard InChI is InChI=1S/C22H18F3N5O2/c1-12-3-8-16(13(2)9-12)18-10-30-17(11-31-18)19(27-29-30)21-26-20(28-32-21)14-4-6-15(7-5-14)22(23,24)25/h3-9,18H,10-11H2,1-2H3/t18-/m0/s1. The fraction of sp³-hybridized carbons (Fsp3) is 0.273. The van der Waals surface area contributed by atoms with Crippen molar-refractivity contribution in [1.29, 1.82) is 0 Å². The van der Waals surface area contributed by atoms with Crippen molar-refractivity contribution in [2.45, 2.75) is 39.3 Å². The topological polar surface area (TPSA) is 78.9 Å². The summed E-state index contributed by atoms with van der Waals surface area (Å²) in [5.41, 5.74) is 4.19. The molecule has 0 fully saturated rings. The average Bonchev–Trinajstić information content (AvgIpc) is 3.40. The average molecular weight is 441 g/mol. The van der Waals surface area contributed by atoms with Gasteiger partial charge in [-0.25, -0.2) is 4.68 Å². The molecule has 0 spiro atoms. The van der Waals surface area contributed by atoms with Crippen LogP contribution in [-0.2, 0) is 24.1 Å². The predicted octanol–water partition coefficient (Wildman–Crippen LogP) is 4.90. The molecule has 10 heteroatoms. The molecule has 0 saturated carbocycles. The first-order valence-electron chi connectivity index (χ1n) is 9.92. The second-order valence-corrected chi connectivity index (χ2v) is 7.72. The molecule has 0 amide bonds. The zero-order valence-corrected chi connectivity index (χ0v) is 17.2. The van der Waals surface area contributed by atoms with Crippen molar-refractivity contribution < 1.29 is 22.4 Å². The molecule has 7 nitrogen and oxygen atoms in total. The number of rotatable bonds is 3. The van der Waals surface area contributed by atoms with Crippen molar-refractivity contribution in [3.63, 3.8) is 0 Å². The minimum Gasteiger partial charge on any atom is -0.365 e. The van der Waals surface area contributed by atoms with Gasteiger partial charge in [0.05, 0.1) is 24.4 Å². The molecule has 2 aromatic carbocycles. The van der Waals surface area contributed by atoms with Crippen LogP contribution in [0.2, 0.25) is 0 Å². The van der Waals surface area contributed by atoms with Crippen molar-refractivity contribution in [2.24, 2.45) is 0 Å². The van der Waals surface area contributed by atoms with Gasteiger partial charge in [0.15, 0.2) is 5.69 Å². The smallest absolute Gasteiger partial charge is 0.365 e. The molecule has 5 rings (SSSR count). The Morgan fingerprint density at radius 1 is 1.06 bits per heavy atom. The summed E-state index contributed by atoms with van der Waals surface area (Å²) in [4.78, 5) is 4.29. The maximum Gasteiger partial charge on any atom is 0.416 e. The molecule has 0 radical (unpaired) electrons. The van der Waals surface area contributed by atoms with Gasteiger partial charge in [-0.2, -0.15) is 18.2 Å². The van der Waals surface area contributed by atoms with E-state index < -0.39 is 11.7 Å². The maximum absolute atomic E-state index is 12.8. The van der Waals surface area contributed by atoms with Crippen LogP contribution in [0.25, 0.3) is 23.0 Å². The number of fused-ring (bicyclic) bond motifs is 1. The lowest BCUT2D eigenvalue weighted by molar-refractivity contribution is -0.137. The fourth-order valence-electron chi connectivity index (χ4n) is 3.80. The van der Waals surface area contributed by atoms with E-state index in [9.17, 15) is 13.2 Å². The van der Waals surface area contributed by atoms with Gasteiger partial charge in [-0.1, -0.05) is 46.3 Å². The summed E-state index contributed by atoms with van der Waals surface area (Å²) >= 11 is 0. The van der Waals surface area contributed by atoms with Crippen LogP contribution in [0.3, 0.4) is 0 Å².